The fourth-order valence-electron chi connectivity index (χ4n) is 1.68. The Morgan fingerprint density at radius 3 is 2.75 bits per heavy atom. The third-order valence-corrected chi connectivity index (χ3v) is 4.64. The highest BCUT2D eigenvalue weighted by Crippen LogP contribution is 2.15. The minimum absolute atomic E-state index is 0.0847. The van der Waals surface area contributed by atoms with E-state index in [4.69, 9.17) is 0 Å². The Morgan fingerprint density at radius 1 is 1.45 bits per heavy atom. The maximum absolute atomic E-state index is 12.2. The zero-order chi connectivity index (χ0) is 15.0. The van der Waals surface area contributed by atoms with Crippen LogP contribution in [-0.2, 0) is 16.1 Å². The number of nitrogens with one attached hydrogen (secondary N) is 2. The molecule has 0 saturated heterocycles. The lowest BCUT2D eigenvalue weighted by atomic mass is 10.2. The van der Waals surface area contributed by atoms with Gasteiger partial charge in [0.2, 0.25) is 11.8 Å². The standard InChI is InChI=1S/C14H22N2O2S2/c1-4-13(17)16-11(6-7-19-3)14(18)15-9-12-10(2)5-8-20-12/h5,8,11H,4,6-7,9H2,1-3H3,(H,15,18)(H,16,17)/t11-/m1/s1. The van der Waals surface area contributed by atoms with Gasteiger partial charge in [-0.05, 0) is 42.4 Å². The molecule has 112 valence electrons. The number of amides is 2. The summed E-state index contributed by atoms with van der Waals surface area (Å²) < 4.78 is 0. The molecule has 1 aromatic heterocycles. The molecule has 0 aliphatic heterocycles. The molecule has 0 aromatic carbocycles. The van der Waals surface area contributed by atoms with Crippen molar-refractivity contribution in [3.05, 3.63) is 21.9 Å². The molecule has 0 unspecified atom stereocenters. The topological polar surface area (TPSA) is 58.2 Å². The second-order valence-electron chi connectivity index (χ2n) is 4.50. The molecule has 0 bridgehead atoms. The zero-order valence-corrected chi connectivity index (χ0v) is 13.8. The zero-order valence-electron chi connectivity index (χ0n) is 12.2. The van der Waals surface area contributed by atoms with Crippen LogP contribution in [0.3, 0.4) is 0 Å². The van der Waals surface area contributed by atoms with E-state index in [1.807, 2.05) is 24.6 Å². The number of rotatable bonds is 8. The maximum atomic E-state index is 12.2. The Balaban J connectivity index is 2.53. The van der Waals surface area contributed by atoms with E-state index in [0.717, 1.165) is 10.6 Å². The first-order chi connectivity index (χ1) is 9.58. The molecule has 4 nitrogen and oxygen atoms in total. The van der Waals surface area contributed by atoms with Gasteiger partial charge >= 0.3 is 0 Å². The van der Waals surface area contributed by atoms with Crippen molar-refractivity contribution < 1.29 is 9.59 Å². The van der Waals surface area contributed by atoms with E-state index < -0.39 is 6.04 Å². The van der Waals surface area contributed by atoms with E-state index in [0.29, 0.717) is 19.4 Å². The summed E-state index contributed by atoms with van der Waals surface area (Å²) in [5.41, 5.74) is 1.19. The van der Waals surface area contributed by atoms with Gasteiger partial charge in [0.1, 0.15) is 6.04 Å². The molecule has 1 aromatic rings. The first kappa shape index (κ1) is 17.0. The summed E-state index contributed by atoms with van der Waals surface area (Å²) in [6.07, 6.45) is 3.04. The molecule has 0 aliphatic carbocycles. The number of hydrogen-bond acceptors (Lipinski definition) is 4. The minimum atomic E-state index is -0.435. The molecular formula is C14H22N2O2S2. The normalized spacial score (nSPS) is 11.9. The van der Waals surface area contributed by atoms with Crippen LogP contribution >= 0.6 is 23.1 Å². The second kappa shape index (κ2) is 9.02. The first-order valence-corrected chi connectivity index (χ1v) is 8.94. The van der Waals surface area contributed by atoms with Gasteiger partial charge in [-0.2, -0.15) is 11.8 Å². The van der Waals surface area contributed by atoms with Crippen molar-refractivity contribution in [2.75, 3.05) is 12.0 Å². The Kier molecular flexibility index (Phi) is 7.69. The first-order valence-electron chi connectivity index (χ1n) is 6.67. The van der Waals surface area contributed by atoms with E-state index in [1.54, 1.807) is 30.0 Å². The Morgan fingerprint density at radius 2 is 2.20 bits per heavy atom. The summed E-state index contributed by atoms with van der Waals surface area (Å²) in [6.45, 7) is 4.34. The lowest BCUT2D eigenvalue weighted by molar-refractivity contribution is -0.129. The highest BCUT2D eigenvalue weighted by atomic mass is 32.2. The summed E-state index contributed by atoms with van der Waals surface area (Å²) >= 11 is 3.30. The average Bonchev–Trinajstić information content (AvgIpc) is 2.85. The van der Waals surface area contributed by atoms with Crippen LogP contribution in [0.2, 0.25) is 0 Å². The fraction of sp³-hybridized carbons (Fsp3) is 0.571. The number of thiophene rings is 1. The van der Waals surface area contributed by atoms with Gasteiger partial charge in [-0.3, -0.25) is 9.59 Å². The lowest BCUT2D eigenvalue weighted by Gasteiger charge is -2.17. The van der Waals surface area contributed by atoms with E-state index in [9.17, 15) is 9.59 Å². The highest BCUT2D eigenvalue weighted by molar-refractivity contribution is 7.98. The molecule has 1 atom stereocenters. The van der Waals surface area contributed by atoms with Crippen LogP contribution in [0.5, 0.6) is 0 Å². The Hall–Kier alpha value is -1.01. The molecule has 20 heavy (non-hydrogen) atoms. The summed E-state index contributed by atoms with van der Waals surface area (Å²) in [5.74, 6) is 0.660. The molecule has 0 aliphatic rings. The molecule has 1 heterocycles. The molecule has 0 saturated carbocycles. The van der Waals surface area contributed by atoms with Crippen LogP contribution in [0, 0.1) is 6.92 Å². The number of hydrogen-bond donors (Lipinski definition) is 2. The molecule has 0 radical (unpaired) electrons. The van der Waals surface area contributed by atoms with E-state index in [-0.39, 0.29) is 11.8 Å². The molecule has 2 amide bonds. The molecule has 6 heteroatoms. The lowest BCUT2D eigenvalue weighted by Crippen LogP contribution is -2.46. The van der Waals surface area contributed by atoms with Crippen LogP contribution in [-0.4, -0.2) is 29.9 Å². The smallest absolute Gasteiger partial charge is 0.242 e. The molecule has 2 N–H and O–H groups in total. The average molecular weight is 314 g/mol. The monoisotopic (exact) mass is 314 g/mol. The van der Waals surface area contributed by atoms with Gasteiger partial charge in [-0.25, -0.2) is 0 Å². The quantitative estimate of drug-likeness (QED) is 0.774. The number of thioether (sulfide) groups is 1. The number of aryl methyl sites for hydroxylation is 1. The van der Waals surface area contributed by atoms with Crippen LogP contribution < -0.4 is 10.6 Å². The van der Waals surface area contributed by atoms with E-state index in [1.165, 1.54) is 5.56 Å². The molecular weight excluding hydrogens is 292 g/mol. The van der Waals surface area contributed by atoms with Crippen molar-refractivity contribution in [2.24, 2.45) is 0 Å². The third kappa shape index (κ3) is 5.54. The minimum Gasteiger partial charge on any atom is -0.349 e. The van der Waals surface area contributed by atoms with Gasteiger partial charge in [0.05, 0.1) is 6.54 Å². The summed E-state index contributed by atoms with van der Waals surface area (Å²) in [5, 5.41) is 7.71. The van der Waals surface area contributed by atoms with Gasteiger partial charge in [0, 0.05) is 11.3 Å². The summed E-state index contributed by atoms with van der Waals surface area (Å²) in [6, 6.07) is 1.60. The Labute approximate surface area is 128 Å². The van der Waals surface area contributed by atoms with Gasteiger partial charge in [-0.15, -0.1) is 11.3 Å². The third-order valence-electron chi connectivity index (χ3n) is 2.97. The largest absolute Gasteiger partial charge is 0.349 e. The van der Waals surface area contributed by atoms with Crippen molar-refractivity contribution in [2.45, 2.75) is 39.3 Å². The van der Waals surface area contributed by atoms with Crippen molar-refractivity contribution in [3.63, 3.8) is 0 Å². The molecule has 0 fully saturated rings. The number of carbonyl (C=O) groups is 2. The van der Waals surface area contributed by atoms with Crippen LogP contribution in [0.1, 0.15) is 30.2 Å². The van der Waals surface area contributed by atoms with Crippen LogP contribution in [0.25, 0.3) is 0 Å². The van der Waals surface area contributed by atoms with E-state index >= 15 is 0 Å². The predicted molar refractivity (Wildman–Crippen MR) is 86.1 cm³/mol. The molecule has 1 rings (SSSR count). The SMILES string of the molecule is CCC(=O)N[C@H](CCSC)C(=O)NCc1sccc1C. The van der Waals surface area contributed by atoms with Crippen molar-refractivity contribution in [1.82, 2.24) is 10.6 Å². The highest BCUT2D eigenvalue weighted by Gasteiger charge is 2.19. The van der Waals surface area contributed by atoms with Crippen molar-refractivity contribution in [3.8, 4) is 0 Å². The van der Waals surface area contributed by atoms with Gasteiger partial charge in [0.15, 0.2) is 0 Å². The molecule has 0 spiro atoms. The summed E-state index contributed by atoms with van der Waals surface area (Å²) in [4.78, 5) is 24.8. The predicted octanol–water partition coefficient (Wildman–Crippen LogP) is 2.32. The van der Waals surface area contributed by atoms with Crippen LogP contribution in [0.15, 0.2) is 11.4 Å². The number of carbonyl (C=O) groups excluding carboxylic acids is 2. The Bertz CT molecular complexity index is 446. The van der Waals surface area contributed by atoms with Crippen LogP contribution in [0.4, 0.5) is 0 Å². The van der Waals surface area contributed by atoms with E-state index in [2.05, 4.69) is 10.6 Å². The van der Waals surface area contributed by atoms with Gasteiger partial charge in [0.25, 0.3) is 0 Å². The maximum Gasteiger partial charge on any atom is 0.242 e. The second-order valence-corrected chi connectivity index (χ2v) is 6.49. The summed E-state index contributed by atoms with van der Waals surface area (Å²) in [7, 11) is 0. The van der Waals surface area contributed by atoms with Gasteiger partial charge < -0.3 is 10.6 Å². The fourth-order valence-corrected chi connectivity index (χ4v) is 2.99. The van der Waals surface area contributed by atoms with Crippen molar-refractivity contribution >= 4 is 34.9 Å². The van der Waals surface area contributed by atoms with Crippen molar-refractivity contribution in [1.29, 1.82) is 0 Å². The van der Waals surface area contributed by atoms with Gasteiger partial charge in [-0.1, -0.05) is 6.92 Å².